The van der Waals surface area contributed by atoms with Gasteiger partial charge in [0.15, 0.2) is 0 Å². The maximum atomic E-state index is 10.9. The van der Waals surface area contributed by atoms with Gasteiger partial charge in [0.2, 0.25) is 0 Å². The standard InChI is InChI=1S/C7H12O4/c1-11-7(10)4-2-5(8)6(9)3-4/h4-6,8-9H,2-3H2,1H3/t4?,5-,6+. The number of esters is 1. The first-order valence-corrected chi connectivity index (χ1v) is 3.59. The van der Waals surface area contributed by atoms with E-state index in [9.17, 15) is 4.79 Å². The Labute approximate surface area is 64.8 Å². The number of carbonyl (C=O) groups excluding carboxylic acids is 1. The second kappa shape index (κ2) is 3.19. The molecular formula is C7H12O4. The molecule has 1 aliphatic rings. The highest BCUT2D eigenvalue weighted by Crippen LogP contribution is 2.26. The van der Waals surface area contributed by atoms with Crippen LogP contribution in [0.5, 0.6) is 0 Å². The molecule has 4 nitrogen and oxygen atoms in total. The van der Waals surface area contributed by atoms with Crippen molar-refractivity contribution in [2.45, 2.75) is 25.0 Å². The monoisotopic (exact) mass is 160 g/mol. The highest BCUT2D eigenvalue weighted by atomic mass is 16.5. The van der Waals surface area contributed by atoms with E-state index in [0.717, 1.165) is 0 Å². The number of carbonyl (C=O) groups is 1. The molecule has 0 aromatic heterocycles. The smallest absolute Gasteiger partial charge is 0.308 e. The van der Waals surface area contributed by atoms with Gasteiger partial charge >= 0.3 is 5.97 Å². The van der Waals surface area contributed by atoms with Crippen molar-refractivity contribution in [3.8, 4) is 0 Å². The van der Waals surface area contributed by atoms with Crippen LogP contribution in [0.2, 0.25) is 0 Å². The molecule has 0 aliphatic heterocycles. The molecule has 0 heterocycles. The van der Waals surface area contributed by atoms with Crippen LogP contribution in [0.15, 0.2) is 0 Å². The summed E-state index contributed by atoms with van der Waals surface area (Å²) in [5.41, 5.74) is 0. The average Bonchev–Trinajstić information content (AvgIpc) is 2.31. The fourth-order valence-corrected chi connectivity index (χ4v) is 1.35. The molecule has 1 rings (SSSR count). The van der Waals surface area contributed by atoms with Gasteiger partial charge in [-0.3, -0.25) is 4.79 Å². The third kappa shape index (κ3) is 1.70. The summed E-state index contributed by atoms with van der Waals surface area (Å²) in [5, 5.41) is 18.1. The number of methoxy groups -OCH3 is 1. The van der Waals surface area contributed by atoms with Gasteiger partial charge < -0.3 is 14.9 Å². The number of rotatable bonds is 1. The zero-order chi connectivity index (χ0) is 8.43. The van der Waals surface area contributed by atoms with E-state index in [1.54, 1.807) is 0 Å². The Hall–Kier alpha value is -0.610. The molecule has 1 saturated carbocycles. The number of aliphatic hydroxyl groups excluding tert-OH is 2. The van der Waals surface area contributed by atoms with Gasteiger partial charge in [0, 0.05) is 0 Å². The second-order valence-corrected chi connectivity index (χ2v) is 2.83. The molecule has 1 fully saturated rings. The fourth-order valence-electron chi connectivity index (χ4n) is 1.35. The topological polar surface area (TPSA) is 66.8 Å². The zero-order valence-corrected chi connectivity index (χ0v) is 6.36. The summed E-state index contributed by atoms with van der Waals surface area (Å²) in [5.74, 6) is -0.675. The van der Waals surface area contributed by atoms with E-state index in [2.05, 4.69) is 4.74 Å². The first-order valence-electron chi connectivity index (χ1n) is 3.59. The van der Waals surface area contributed by atoms with Crippen LogP contribution >= 0.6 is 0 Å². The SMILES string of the molecule is COC(=O)C1C[C@@H](O)[C@@H](O)C1. The third-order valence-electron chi connectivity index (χ3n) is 2.03. The maximum Gasteiger partial charge on any atom is 0.308 e. The van der Waals surface area contributed by atoms with Crippen molar-refractivity contribution in [2.75, 3.05) is 7.11 Å². The van der Waals surface area contributed by atoms with Crippen LogP contribution in [0, 0.1) is 5.92 Å². The van der Waals surface area contributed by atoms with Crippen molar-refractivity contribution < 1.29 is 19.7 Å². The number of hydrogen-bond acceptors (Lipinski definition) is 4. The van der Waals surface area contributed by atoms with Crippen LogP contribution in [0.4, 0.5) is 0 Å². The van der Waals surface area contributed by atoms with Crippen molar-refractivity contribution in [1.29, 1.82) is 0 Å². The lowest BCUT2D eigenvalue weighted by Gasteiger charge is -2.04. The molecule has 64 valence electrons. The molecule has 0 aromatic rings. The van der Waals surface area contributed by atoms with E-state index < -0.39 is 12.2 Å². The van der Waals surface area contributed by atoms with Gasteiger partial charge in [-0.1, -0.05) is 0 Å². The average molecular weight is 160 g/mol. The summed E-state index contributed by atoms with van der Waals surface area (Å²) in [7, 11) is 1.30. The number of ether oxygens (including phenoxy) is 1. The summed E-state index contributed by atoms with van der Waals surface area (Å²) in [6.45, 7) is 0. The molecule has 0 saturated heterocycles. The van der Waals surface area contributed by atoms with Crippen LogP contribution in [0.3, 0.4) is 0 Å². The molecular weight excluding hydrogens is 148 g/mol. The first kappa shape index (κ1) is 8.49. The Morgan fingerprint density at radius 3 is 2.18 bits per heavy atom. The van der Waals surface area contributed by atoms with Crippen LogP contribution in [-0.2, 0) is 9.53 Å². The Morgan fingerprint density at radius 2 is 1.82 bits per heavy atom. The summed E-state index contributed by atoms with van der Waals surface area (Å²) in [6.07, 6.45) is -0.903. The van der Waals surface area contributed by atoms with Gasteiger partial charge in [-0.15, -0.1) is 0 Å². The minimum absolute atomic E-state index is 0.313. The van der Waals surface area contributed by atoms with Crippen molar-refractivity contribution in [1.82, 2.24) is 0 Å². The predicted molar refractivity (Wildman–Crippen MR) is 36.8 cm³/mol. The minimum Gasteiger partial charge on any atom is -0.469 e. The Morgan fingerprint density at radius 1 is 1.36 bits per heavy atom. The van der Waals surface area contributed by atoms with E-state index in [1.165, 1.54) is 7.11 Å². The molecule has 3 atom stereocenters. The predicted octanol–water partition coefficient (Wildman–Crippen LogP) is -0.709. The summed E-state index contributed by atoms with van der Waals surface area (Å²) >= 11 is 0. The van der Waals surface area contributed by atoms with Crippen LogP contribution in [0.1, 0.15) is 12.8 Å². The van der Waals surface area contributed by atoms with E-state index in [4.69, 9.17) is 10.2 Å². The van der Waals surface area contributed by atoms with Gasteiger partial charge in [0.05, 0.1) is 25.2 Å². The van der Waals surface area contributed by atoms with Crippen LogP contribution in [-0.4, -0.2) is 35.5 Å². The zero-order valence-electron chi connectivity index (χ0n) is 6.36. The third-order valence-corrected chi connectivity index (χ3v) is 2.03. The molecule has 0 spiro atoms. The molecule has 4 heteroatoms. The number of aliphatic hydroxyl groups is 2. The summed E-state index contributed by atoms with van der Waals surface area (Å²) in [6, 6.07) is 0. The van der Waals surface area contributed by atoms with Crippen molar-refractivity contribution in [3.63, 3.8) is 0 Å². The van der Waals surface area contributed by atoms with Crippen molar-refractivity contribution in [2.24, 2.45) is 5.92 Å². The Bertz CT molecular complexity index is 147. The van der Waals surface area contributed by atoms with Gasteiger partial charge in [0.1, 0.15) is 0 Å². The second-order valence-electron chi connectivity index (χ2n) is 2.83. The van der Waals surface area contributed by atoms with Gasteiger partial charge in [-0.05, 0) is 12.8 Å². The Balaban J connectivity index is 2.46. The molecule has 1 unspecified atom stereocenters. The summed E-state index contributed by atoms with van der Waals surface area (Å²) < 4.78 is 4.47. The normalized spacial score (nSPS) is 37.2. The van der Waals surface area contributed by atoms with E-state index in [-0.39, 0.29) is 11.9 Å². The molecule has 0 bridgehead atoms. The van der Waals surface area contributed by atoms with Gasteiger partial charge in [0.25, 0.3) is 0 Å². The van der Waals surface area contributed by atoms with Gasteiger partial charge in [-0.2, -0.15) is 0 Å². The Kier molecular flexibility index (Phi) is 2.46. The number of hydrogen-bond donors (Lipinski definition) is 2. The van der Waals surface area contributed by atoms with E-state index in [1.807, 2.05) is 0 Å². The van der Waals surface area contributed by atoms with Crippen LogP contribution < -0.4 is 0 Å². The quantitative estimate of drug-likeness (QED) is 0.497. The minimum atomic E-state index is -0.765. The molecule has 0 aromatic carbocycles. The first-order chi connectivity index (χ1) is 5.15. The van der Waals surface area contributed by atoms with Gasteiger partial charge in [-0.25, -0.2) is 0 Å². The fraction of sp³-hybridized carbons (Fsp3) is 0.857. The van der Waals surface area contributed by atoms with Crippen LogP contribution in [0.25, 0.3) is 0 Å². The van der Waals surface area contributed by atoms with E-state index in [0.29, 0.717) is 12.8 Å². The van der Waals surface area contributed by atoms with E-state index >= 15 is 0 Å². The highest BCUT2D eigenvalue weighted by molar-refractivity contribution is 5.72. The molecule has 11 heavy (non-hydrogen) atoms. The molecule has 0 amide bonds. The van der Waals surface area contributed by atoms with Crippen molar-refractivity contribution >= 4 is 5.97 Å². The summed E-state index contributed by atoms with van der Waals surface area (Å²) in [4.78, 5) is 10.9. The largest absolute Gasteiger partial charge is 0.469 e. The van der Waals surface area contributed by atoms with Crippen molar-refractivity contribution in [3.05, 3.63) is 0 Å². The highest BCUT2D eigenvalue weighted by Gasteiger charge is 2.36. The maximum absolute atomic E-state index is 10.9. The molecule has 0 radical (unpaired) electrons. The lowest BCUT2D eigenvalue weighted by molar-refractivity contribution is -0.145. The molecule has 2 N–H and O–H groups in total. The lowest BCUT2D eigenvalue weighted by Crippen LogP contribution is -2.17. The lowest BCUT2D eigenvalue weighted by atomic mass is 10.1. The molecule has 1 aliphatic carbocycles.